The maximum atomic E-state index is 14.3. The highest BCUT2D eigenvalue weighted by Gasteiger charge is 2.34. The summed E-state index contributed by atoms with van der Waals surface area (Å²) in [4.78, 5) is 28.4. The number of halogens is 2. The Labute approximate surface area is 288 Å². The van der Waals surface area contributed by atoms with Crippen LogP contribution < -0.4 is 15.0 Å². The molecule has 2 saturated carbocycles. The average molecular weight is 681 g/mol. The second kappa shape index (κ2) is 16.1. The second-order valence-electron chi connectivity index (χ2n) is 14.0. The van der Waals surface area contributed by atoms with Crippen LogP contribution in [-0.2, 0) is 9.53 Å². The summed E-state index contributed by atoms with van der Waals surface area (Å²) < 4.78 is 39.4. The topological polar surface area (TPSA) is 106 Å². The molecule has 5 rings (SSSR count). The number of hydrogen-bond donors (Lipinski definition) is 2. The highest BCUT2D eigenvalue weighted by molar-refractivity contribution is 5.95. The zero-order chi connectivity index (χ0) is 35.1. The van der Waals surface area contributed by atoms with E-state index in [0.29, 0.717) is 44.1 Å². The second-order valence-corrected chi connectivity index (χ2v) is 14.0. The number of ether oxygens (including phenoxy) is 2. The number of nitrogens with zero attached hydrogens (tertiary/aromatic N) is 3. The maximum absolute atomic E-state index is 14.3. The van der Waals surface area contributed by atoms with Gasteiger partial charge < -0.3 is 24.8 Å². The SMILES string of the molecule is COc1ccc([C@H]2CC[C@H](CN(c3cccc(-c4cnn(C(C)C)c4)c3)C(=O)[C@H]3CC[C@H](OC(=O)NCC(F)(F)CO)CC3)CC2)cc1C. The van der Waals surface area contributed by atoms with E-state index in [-0.39, 0.29) is 17.9 Å². The lowest BCUT2D eigenvalue weighted by Gasteiger charge is -2.36. The van der Waals surface area contributed by atoms with E-state index in [1.54, 1.807) is 7.11 Å². The third-order valence-corrected chi connectivity index (χ3v) is 10.1. The predicted octanol–water partition coefficient (Wildman–Crippen LogP) is 7.67. The molecule has 2 aliphatic rings. The molecule has 0 aliphatic heterocycles. The Morgan fingerprint density at radius 3 is 2.41 bits per heavy atom. The number of hydrogen-bond acceptors (Lipinski definition) is 6. The predicted molar refractivity (Wildman–Crippen MR) is 185 cm³/mol. The fourth-order valence-corrected chi connectivity index (χ4v) is 7.14. The average Bonchev–Trinajstić information content (AvgIpc) is 3.61. The summed E-state index contributed by atoms with van der Waals surface area (Å²) in [5, 5.41) is 15.3. The first-order chi connectivity index (χ1) is 23.5. The van der Waals surface area contributed by atoms with Crippen molar-refractivity contribution in [3.63, 3.8) is 0 Å². The van der Waals surface area contributed by atoms with Crippen LogP contribution in [0.15, 0.2) is 54.9 Å². The smallest absolute Gasteiger partial charge is 0.407 e. The van der Waals surface area contributed by atoms with Gasteiger partial charge in [-0.05, 0) is 119 Å². The first-order valence-electron chi connectivity index (χ1n) is 17.5. The van der Waals surface area contributed by atoms with E-state index in [2.05, 4.69) is 50.1 Å². The molecule has 2 fully saturated rings. The van der Waals surface area contributed by atoms with Gasteiger partial charge in [0.15, 0.2) is 0 Å². The van der Waals surface area contributed by atoms with Gasteiger partial charge in [0.2, 0.25) is 5.91 Å². The molecule has 3 aromatic rings. The molecule has 2 aromatic carbocycles. The number of benzene rings is 2. The third kappa shape index (κ3) is 9.38. The van der Waals surface area contributed by atoms with Crippen LogP contribution in [0.1, 0.15) is 88.3 Å². The van der Waals surface area contributed by atoms with Crippen molar-refractivity contribution in [2.75, 3.05) is 31.7 Å². The van der Waals surface area contributed by atoms with Crippen molar-refractivity contribution < 1.29 is 33.0 Å². The molecule has 0 unspecified atom stereocenters. The Morgan fingerprint density at radius 1 is 1.04 bits per heavy atom. The van der Waals surface area contributed by atoms with Crippen molar-refractivity contribution in [2.45, 2.75) is 96.1 Å². The third-order valence-electron chi connectivity index (χ3n) is 10.1. The minimum atomic E-state index is -3.41. The van der Waals surface area contributed by atoms with E-state index in [1.165, 1.54) is 5.56 Å². The number of alkyl halides is 2. The summed E-state index contributed by atoms with van der Waals surface area (Å²) >= 11 is 0. The number of aryl methyl sites for hydroxylation is 1. The summed E-state index contributed by atoms with van der Waals surface area (Å²) in [6.45, 7) is 4.52. The number of aliphatic hydroxyl groups excluding tert-OH is 1. The van der Waals surface area contributed by atoms with Crippen LogP contribution in [0, 0.1) is 18.8 Å². The summed E-state index contributed by atoms with van der Waals surface area (Å²) in [6, 6.07) is 14.8. The van der Waals surface area contributed by atoms with Gasteiger partial charge in [0, 0.05) is 36.0 Å². The first-order valence-corrected chi connectivity index (χ1v) is 17.5. The van der Waals surface area contributed by atoms with E-state index >= 15 is 0 Å². The van der Waals surface area contributed by atoms with Crippen LogP contribution in [0.25, 0.3) is 11.1 Å². The Kier molecular flexibility index (Phi) is 12.0. The lowest BCUT2D eigenvalue weighted by molar-refractivity contribution is -0.124. The summed E-state index contributed by atoms with van der Waals surface area (Å²) in [7, 11) is 1.70. The number of alkyl carbamates (subject to hydrolysis) is 1. The molecule has 0 bridgehead atoms. The molecule has 0 saturated heterocycles. The molecule has 2 amide bonds. The summed E-state index contributed by atoms with van der Waals surface area (Å²) in [5.74, 6) is -1.86. The largest absolute Gasteiger partial charge is 0.496 e. The van der Waals surface area contributed by atoms with E-state index < -0.39 is 31.3 Å². The number of carbonyl (C=O) groups is 2. The van der Waals surface area contributed by atoms with Gasteiger partial charge in [0.05, 0.1) is 19.9 Å². The van der Waals surface area contributed by atoms with Crippen molar-refractivity contribution in [1.29, 1.82) is 0 Å². The first kappa shape index (κ1) is 36.3. The number of carbonyl (C=O) groups excluding carboxylic acids is 2. The fraction of sp³-hybridized carbons (Fsp3) is 0.553. The number of methoxy groups -OCH3 is 1. The van der Waals surface area contributed by atoms with Gasteiger partial charge in [-0.2, -0.15) is 5.10 Å². The highest BCUT2D eigenvalue weighted by Crippen LogP contribution is 2.39. The number of anilines is 1. The molecule has 1 heterocycles. The van der Waals surface area contributed by atoms with E-state index in [1.807, 2.05) is 45.5 Å². The van der Waals surface area contributed by atoms with Gasteiger partial charge in [-0.25, -0.2) is 13.6 Å². The molecule has 0 spiro atoms. The molecule has 2 N–H and O–H groups in total. The highest BCUT2D eigenvalue weighted by atomic mass is 19.3. The molecule has 266 valence electrons. The van der Waals surface area contributed by atoms with Crippen molar-refractivity contribution >= 4 is 17.7 Å². The monoisotopic (exact) mass is 680 g/mol. The van der Waals surface area contributed by atoms with Crippen LogP contribution in [0.4, 0.5) is 19.3 Å². The van der Waals surface area contributed by atoms with Crippen LogP contribution >= 0.6 is 0 Å². The number of rotatable bonds is 12. The van der Waals surface area contributed by atoms with E-state index in [4.69, 9.17) is 14.6 Å². The lowest BCUT2D eigenvalue weighted by atomic mass is 9.78. The Hall–Kier alpha value is -3.99. The fourth-order valence-electron chi connectivity index (χ4n) is 7.14. The van der Waals surface area contributed by atoms with Crippen LogP contribution in [-0.4, -0.2) is 65.7 Å². The number of amides is 2. The van der Waals surface area contributed by atoms with Crippen LogP contribution in [0.5, 0.6) is 5.75 Å². The molecular formula is C38H50F2N4O5. The van der Waals surface area contributed by atoms with Gasteiger partial charge in [-0.3, -0.25) is 9.48 Å². The standard InChI is InChI=1S/C38H50F2N4O5/c1-25(2)44-22-32(20-42-44)30-6-5-7-33(19-30)43(21-27-8-10-28(11-9-27)31-14-17-35(48-4)26(3)18-31)36(46)29-12-15-34(16-13-29)49-37(47)41-23-38(39,40)24-45/h5-7,14,17-20,22,25,27-29,34,45H,8-13,15-16,21,23-24H2,1-4H3,(H,41,47)/t27-,28-,29-,34-. The van der Waals surface area contributed by atoms with Gasteiger partial charge >= 0.3 is 6.09 Å². The molecule has 9 nitrogen and oxygen atoms in total. The number of nitrogens with one attached hydrogen (secondary N) is 1. The normalized spacial score (nSPS) is 21.3. The number of aliphatic hydroxyl groups is 1. The molecule has 49 heavy (non-hydrogen) atoms. The molecule has 0 atom stereocenters. The zero-order valence-electron chi connectivity index (χ0n) is 29.0. The van der Waals surface area contributed by atoms with Gasteiger partial charge in [0.1, 0.15) is 18.5 Å². The van der Waals surface area contributed by atoms with Crippen LogP contribution in [0.3, 0.4) is 0 Å². The summed E-state index contributed by atoms with van der Waals surface area (Å²) in [6.07, 6.45) is 8.63. The minimum absolute atomic E-state index is 0.0633. The van der Waals surface area contributed by atoms with Crippen molar-refractivity contribution in [1.82, 2.24) is 15.1 Å². The zero-order valence-corrected chi connectivity index (χ0v) is 29.0. The van der Waals surface area contributed by atoms with E-state index in [9.17, 15) is 18.4 Å². The molecule has 11 heteroatoms. The lowest BCUT2D eigenvalue weighted by Crippen LogP contribution is -2.43. The van der Waals surface area contributed by atoms with Gasteiger partial charge in [-0.1, -0.05) is 24.3 Å². The minimum Gasteiger partial charge on any atom is -0.496 e. The maximum Gasteiger partial charge on any atom is 0.407 e. The quantitative estimate of drug-likeness (QED) is 0.204. The van der Waals surface area contributed by atoms with Crippen LogP contribution in [0.2, 0.25) is 0 Å². The molecule has 0 radical (unpaired) electrons. The van der Waals surface area contributed by atoms with Gasteiger partial charge in [-0.15, -0.1) is 0 Å². The number of aromatic nitrogens is 2. The van der Waals surface area contributed by atoms with Crippen molar-refractivity contribution in [2.24, 2.45) is 11.8 Å². The van der Waals surface area contributed by atoms with Gasteiger partial charge in [0.25, 0.3) is 5.92 Å². The van der Waals surface area contributed by atoms with Crippen molar-refractivity contribution in [3.8, 4) is 16.9 Å². The molecule has 2 aliphatic carbocycles. The Morgan fingerprint density at radius 2 is 1.78 bits per heavy atom. The van der Waals surface area contributed by atoms with E-state index in [0.717, 1.165) is 53.8 Å². The molecule has 1 aromatic heterocycles. The Bertz CT molecular complexity index is 1560. The molecular weight excluding hydrogens is 630 g/mol. The Balaban J connectivity index is 1.27. The van der Waals surface area contributed by atoms with Crippen molar-refractivity contribution in [3.05, 3.63) is 66.0 Å². The summed E-state index contributed by atoms with van der Waals surface area (Å²) in [5.41, 5.74) is 5.33.